The number of carbonyl (C=O) groups is 1. The molecule has 0 amide bonds. The van der Waals surface area contributed by atoms with Crippen LogP contribution in [0.2, 0.25) is 0 Å². The van der Waals surface area contributed by atoms with Gasteiger partial charge in [0.1, 0.15) is 5.82 Å². The molecule has 1 heterocycles. The molecule has 2 aromatic rings. The lowest BCUT2D eigenvalue weighted by molar-refractivity contribution is -0.144. The van der Waals surface area contributed by atoms with Crippen molar-refractivity contribution in [2.45, 2.75) is 32.6 Å². The van der Waals surface area contributed by atoms with Gasteiger partial charge in [-0.1, -0.05) is 18.2 Å². The van der Waals surface area contributed by atoms with Crippen molar-refractivity contribution in [1.82, 2.24) is 9.97 Å². The predicted octanol–water partition coefficient (Wildman–Crippen LogP) is 3.70. The Morgan fingerprint density at radius 2 is 2.29 bits per heavy atom. The van der Waals surface area contributed by atoms with E-state index >= 15 is 0 Å². The van der Waals surface area contributed by atoms with E-state index in [0.29, 0.717) is 18.9 Å². The Bertz CT molecular complexity index is 639. The number of rotatable bonds is 4. The number of fused-ring (bicyclic) bond motifs is 1. The highest BCUT2D eigenvalue weighted by Gasteiger charge is 2.20. The molecule has 0 aliphatic heterocycles. The van der Waals surface area contributed by atoms with Crippen LogP contribution in [0.4, 0.5) is 0 Å². The smallest absolute Gasteiger partial charge is 0.306 e. The third kappa shape index (κ3) is 3.15. The zero-order chi connectivity index (χ0) is 14.7. The first-order chi connectivity index (χ1) is 10.3. The second kappa shape index (κ2) is 6.12. The fourth-order valence-electron chi connectivity index (χ4n) is 2.85. The van der Waals surface area contributed by atoms with Gasteiger partial charge in [0.25, 0.3) is 0 Å². The molecule has 1 aromatic heterocycles. The van der Waals surface area contributed by atoms with Gasteiger partial charge in [-0.3, -0.25) is 4.79 Å². The SMILES string of the molecule is CCOC(=O)CC1CC=C(c2nc3ccccc3[nH]2)CC1. The fourth-order valence-corrected chi connectivity index (χ4v) is 2.85. The Kier molecular flexibility index (Phi) is 4.04. The molecular weight excluding hydrogens is 264 g/mol. The molecular formula is C17H20N2O2. The number of carbonyl (C=O) groups excluding carboxylic acids is 1. The molecule has 1 aliphatic carbocycles. The molecule has 0 saturated carbocycles. The molecule has 1 aromatic carbocycles. The summed E-state index contributed by atoms with van der Waals surface area (Å²) in [5.41, 5.74) is 3.33. The second-order valence-corrected chi connectivity index (χ2v) is 5.48. The van der Waals surface area contributed by atoms with E-state index in [1.807, 2.05) is 31.2 Å². The van der Waals surface area contributed by atoms with Crippen LogP contribution < -0.4 is 0 Å². The molecule has 1 aliphatic rings. The summed E-state index contributed by atoms with van der Waals surface area (Å²) in [4.78, 5) is 19.5. The van der Waals surface area contributed by atoms with Crippen molar-refractivity contribution in [3.8, 4) is 0 Å². The van der Waals surface area contributed by atoms with Crippen LogP contribution in [0.1, 0.15) is 38.4 Å². The Labute approximate surface area is 124 Å². The summed E-state index contributed by atoms with van der Waals surface area (Å²) < 4.78 is 5.02. The van der Waals surface area contributed by atoms with Gasteiger partial charge in [0.15, 0.2) is 0 Å². The molecule has 0 spiro atoms. The second-order valence-electron chi connectivity index (χ2n) is 5.48. The maximum Gasteiger partial charge on any atom is 0.306 e. The van der Waals surface area contributed by atoms with E-state index in [0.717, 1.165) is 36.1 Å². The highest BCUT2D eigenvalue weighted by Crippen LogP contribution is 2.31. The summed E-state index contributed by atoms with van der Waals surface area (Å²) in [6, 6.07) is 8.06. The normalized spacial score (nSPS) is 18.5. The molecule has 4 heteroatoms. The standard InChI is InChI=1S/C17H20N2O2/c1-2-21-16(20)11-12-7-9-13(10-8-12)17-18-14-5-3-4-6-15(14)19-17/h3-6,9,12H,2,7-8,10-11H2,1H3,(H,18,19). The summed E-state index contributed by atoms with van der Waals surface area (Å²) in [7, 11) is 0. The number of imidazole rings is 1. The molecule has 0 fully saturated rings. The third-order valence-corrected chi connectivity index (χ3v) is 3.97. The van der Waals surface area contributed by atoms with E-state index in [4.69, 9.17) is 4.74 Å². The van der Waals surface area contributed by atoms with Gasteiger partial charge < -0.3 is 9.72 Å². The maximum atomic E-state index is 11.5. The number of esters is 1. The molecule has 1 unspecified atom stereocenters. The number of H-pyrrole nitrogens is 1. The van der Waals surface area contributed by atoms with Gasteiger partial charge in [-0.25, -0.2) is 4.98 Å². The highest BCUT2D eigenvalue weighted by molar-refractivity contribution is 5.78. The molecule has 110 valence electrons. The van der Waals surface area contributed by atoms with Gasteiger partial charge in [0, 0.05) is 6.42 Å². The zero-order valence-corrected chi connectivity index (χ0v) is 12.3. The number of para-hydroxylation sites is 2. The van der Waals surface area contributed by atoms with Crippen LogP contribution in [0, 0.1) is 5.92 Å². The quantitative estimate of drug-likeness (QED) is 0.871. The molecule has 0 radical (unpaired) electrons. The number of hydrogen-bond acceptors (Lipinski definition) is 3. The average molecular weight is 284 g/mol. The first kappa shape index (κ1) is 13.9. The monoisotopic (exact) mass is 284 g/mol. The van der Waals surface area contributed by atoms with Gasteiger partial charge in [-0.05, 0) is 49.8 Å². The Morgan fingerprint density at radius 3 is 3.00 bits per heavy atom. The zero-order valence-electron chi connectivity index (χ0n) is 12.3. The summed E-state index contributed by atoms with van der Waals surface area (Å²) >= 11 is 0. The van der Waals surface area contributed by atoms with Crippen molar-refractivity contribution >= 4 is 22.6 Å². The van der Waals surface area contributed by atoms with Crippen LogP contribution in [0.3, 0.4) is 0 Å². The van der Waals surface area contributed by atoms with Crippen LogP contribution >= 0.6 is 0 Å². The molecule has 4 nitrogen and oxygen atoms in total. The Hall–Kier alpha value is -2.10. The van der Waals surface area contributed by atoms with E-state index in [1.165, 1.54) is 5.57 Å². The van der Waals surface area contributed by atoms with Crippen LogP contribution in [-0.2, 0) is 9.53 Å². The number of nitrogens with one attached hydrogen (secondary N) is 1. The van der Waals surface area contributed by atoms with E-state index < -0.39 is 0 Å². The van der Waals surface area contributed by atoms with E-state index in [2.05, 4.69) is 16.0 Å². The lowest BCUT2D eigenvalue weighted by Gasteiger charge is -2.20. The number of hydrogen-bond donors (Lipinski definition) is 1. The van der Waals surface area contributed by atoms with Gasteiger partial charge in [0.2, 0.25) is 0 Å². The van der Waals surface area contributed by atoms with E-state index in [1.54, 1.807) is 0 Å². The number of ether oxygens (including phenoxy) is 1. The number of nitrogens with zero attached hydrogens (tertiary/aromatic N) is 1. The van der Waals surface area contributed by atoms with Crippen LogP contribution in [0.15, 0.2) is 30.3 Å². The Balaban J connectivity index is 1.68. The molecule has 3 rings (SSSR count). The molecule has 0 bridgehead atoms. The van der Waals surface area contributed by atoms with Crippen molar-refractivity contribution in [2.75, 3.05) is 6.61 Å². The van der Waals surface area contributed by atoms with Crippen molar-refractivity contribution < 1.29 is 9.53 Å². The van der Waals surface area contributed by atoms with Gasteiger partial charge >= 0.3 is 5.97 Å². The van der Waals surface area contributed by atoms with Gasteiger partial charge in [-0.2, -0.15) is 0 Å². The minimum absolute atomic E-state index is 0.0805. The molecule has 0 saturated heterocycles. The minimum atomic E-state index is -0.0805. The van der Waals surface area contributed by atoms with Crippen molar-refractivity contribution in [3.05, 3.63) is 36.2 Å². The Morgan fingerprint density at radius 1 is 1.43 bits per heavy atom. The molecule has 21 heavy (non-hydrogen) atoms. The van der Waals surface area contributed by atoms with E-state index in [-0.39, 0.29) is 5.97 Å². The first-order valence-electron chi connectivity index (χ1n) is 7.56. The lowest BCUT2D eigenvalue weighted by Crippen LogP contribution is -2.13. The number of aromatic amines is 1. The van der Waals surface area contributed by atoms with Crippen LogP contribution in [0.5, 0.6) is 0 Å². The number of aromatic nitrogens is 2. The largest absolute Gasteiger partial charge is 0.466 e. The number of benzene rings is 1. The minimum Gasteiger partial charge on any atom is -0.466 e. The van der Waals surface area contributed by atoms with Gasteiger partial charge in [-0.15, -0.1) is 0 Å². The summed E-state index contributed by atoms with van der Waals surface area (Å²) in [5, 5.41) is 0. The first-order valence-corrected chi connectivity index (χ1v) is 7.56. The summed E-state index contributed by atoms with van der Waals surface area (Å²) in [5.74, 6) is 1.28. The summed E-state index contributed by atoms with van der Waals surface area (Å²) in [6.07, 6.45) is 5.64. The lowest BCUT2D eigenvalue weighted by atomic mass is 9.87. The molecule has 1 atom stereocenters. The number of allylic oxidation sites excluding steroid dienone is 2. The van der Waals surface area contributed by atoms with Crippen molar-refractivity contribution in [3.63, 3.8) is 0 Å². The highest BCUT2D eigenvalue weighted by atomic mass is 16.5. The van der Waals surface area contributed by atoms with Crippen molar-refractivity contribution in [2.24, 2.45) is 5.92 Å². The van der Waals surface area contributed by atoms with E-state index in [9.17, 15) is 4.79 Å². The topological polar surface area (TPSA) is 55.0 Å². The van der Waals surface area contributed by atoms with Gasteiger partial charge in [0.05, 0.1) is 17.6 Å². The van der Waals surface area contributed by atoms with Crippen LogP contribution in [0.25, 0.3) is 16.6 Å². The molecule has 1 N–H and O–H groups in total. The predicted molar refractivity (Wildman–Crippen MR) is 82.7 cm³/mol. The fraction of sp³-hybridized carbons (Fsp3) is 0.412. The van der Waals surface area contributed by atoms with Crippen molar-refractivity contribution in [1.29, 1.82) is 0 Å². The summed E-state index contributed by atoms with van der Waals surface area (Å²) in [6.45, 7) is 2.31. The third-order valence-electron chi connectivity index (χ3n) is 3.97. The average Bonchev–Trinajstić information content (AvgIpc) is 2.92. The van der Waals surface area contributed by atoms with Crippen LogP contribution in [-0.4, -0.2) is 22.5 Å². The maximum absolute atomic E-state index is 11.5.